The monoisotopic (exact) mass is 371 g/mol. The number of hydrogen-bond donors (Lipinski definition) is 2. The molecule has 0 aliphatic rings. The Bertz CT molecular complexity index is 850. The number of amides is 1. The van der Waals surface area contributed by atoms with E-state index in [0.29, 0.717) is 18.0 Å². The van der Waals surface area contributed by atoms with Gasteiger partial charge >= 0.3 is 6.09 Å². The first-order chi connectivity index (χ1) is 11.1. The van der Waals surface area contributed by atoms with Crippen LogP contribution in [0.1, 0.15) is 5.56 Å². The molecule has 0 saturated heterocycles. The van der Waals surface area contributed by atoms with Crippen LogP contribution in [0, 0.1) is 0 Å². The highest BCUT2D eigenvalue weighted by molar-refractivity contribution is 9.10. The van der Waals surface area contributed by atoms with E-state index in [1.807, 2.05) is 54.6 Å². The van der Waals surface area contributed by atoms with Crippen LogP contribution in [0.4, 0.5) is 10.5 Å². The molecule has 0 radical (unpaired) electrons. The van der Waals surface area contributed by atoms with Crippen molar-refractivity contribution in [3.8, 4) is 5.75 Å². The van der Waals surface area contributed by atoms with Crippen LogP contribution >= 0.6 is 15.9 Å². The summed E-state index contributed by atoms with van der Waals surface area (Å²) in [6, 6.07) is 19.2. The second-order valence-electron chi connectivity index (χ2n) is 5.04. The van der Waals surface area contributed by atoms with E-state index in [1.54, 1.807) is 6.07 Å². The highest BCUT2D eigenvalue weighted by atomic mass is 79.9. The van der Waals surface area contributed by atoms with E-state index >= 15 is 0 Å². The lowest BCUT2D eigenvalue weighted by atomic mass is 10.1. The van der Waals surface area contributed by atoms with Gasteiger partial charge in [0.2, 0.25) is 0 Å². The second kappa shape index (κ2) is 6.71. The summed E-state index contributed by atoms with van der Waals surface area (Å²) in [7, 11) is 0. The van der Waals surface area contributed by atoms with Crippen molar-refractivity contribution < 1.29 is 14.6 Å². The van der Waals surface area contributed by atoms with Crippen molar-refractivity contribution in [1.82, 2.24) is 0 Å². The van der Waals surface area contributed by atoms with Gasteiger partial charge in [-0.1, -0.05) is 52.3 Å². The number of ether oxygens (including phenoxy) is 1. The lowest BCUT2D eigenvalue weighted by Gasteiger charge is -2.13. The third kappa shape index (κ3) is 3.81. The van der Waals surface area contributed by atoms with Gasteiger partial charge in [-0.05, 0) is 40.6 Å². The molecule has 0 aromatic heterocycles. The number of fused-ring (bicyclic) bond motifs is 1. The van der Waals surface area contributed by atoms with Gasteiger partial charge in [0.1, 0.15) is 12.4 Å². The molecule has 0 bridgehead atoms. The van der Waals surface area contributed by atoms with Crippen LogP contribution in [0.15, 0.2) is 65.1 Å². The highest BCUT2D eigenvalue weighted by Gasteiger charge is 2.10. The van der Waals surface area contributed by atoms with Crippen molar-refractivity contribution in [2.75, 3.05) is 5.32 Å². The van der Waals surface area contributed by atoms with Gasteiger partial charge in [-0.2, -0.15) is 0 Å². The molecule has 0 aliphatic carbocycles. The Balaban J connectivity index is 1.95. The Kier molecular flexibility index (Phi) is 4.48. The van der Waals surface area contributed by atoms with Crippen LogP contribution in [0.2, 0.25) is 0 Å². The third-order valence-electron chi connectivity index (χ3n) is 3.38. The number of halogens is 1. The summed E-state index contributed by atoms with van der Waals surface area (Å²) in [4.78, 5) is 11.0. The number of carbonyl (C=O) groups is 1. The molecule has 0 aliphatic heterocycles. The van der Waals surface area contributed by atoms with Gasteiger partial charge in [-0.25, -0.2) is 4.79 Å². The predicted octanol–water partition coefficient (Wildman–Crippen LogP) is 5.27. The van der Waals surface area contributed by atoms with Crippen LogP contribution < -0.4 is 10.1 Å². The van der Waals surface area contributed by atoms with E-state index in [1.165, 1.54) is 0 Å². The first kappa shape index (κ1) is 15.4. The minimum atomic E-state index is -1.12. The SMILES string of the molecule is O=C(O)Nc1cc2cc(Br)ccc2cc1OCc1ccccc1. The van der Waals surface area contributed by atoms with E-state index in [-0.39, 0.29) is 0 Å². The Morgan fingerprint density at radius 1 is 1.04 bits per heavy atom. The normalized spacial score (nSPS) is 10.5. The molecule has 116 valence electrons. The lowest BCUT2D eigenvalue weighted by molar-refractivity contribution is 0.209. The van der Waals surface area contributed by atoms with Crippen LogP contribution in [0.5, 0.6) is 5.75 Å². The average molecular weight is 372 g/mol. The summed E-state index contributed by atoms with van der Waals surface area (Å²) in [6.07, 6.45) is -1.12. The molecule has 4 nitrogen and oxygen atoms in total. The fourth-order valence-corrected chi connectivity index (χ4v) is 2.69. The molecule has 0 unspecified atom stereocenters. The van der Waals surface area contributed by atoms with Crippen molar-refractivity contribution in [3.63, 3.8) is 0 Å². The zero-order valence-electron chi connectivity index (χ0n) is 12.1. The summed E-state index contributed by atoms with van der Waals surface area (Å²) in [5, 5.41) is 13.3. The molecule has 0 saturated carbocycles. The molecule has 0 atom stereocenters. The molecule has 5 heteroatoms. The Hall–Kier alpha value is -2.53. The maximum absolute atomic E-state index is 11.0. The number of rotatable bonds is 4. The maximum Gasteiger partial charge on any atom is 0.409 e. The van der Waals surface area contributed by atoms with Crippen LogP contribution in [0.25, 0.3) is 10.8 Å². The summed E-state index contributed by atoms with van der Waals surface area (Å²) < 4.78 is 6.76. The summed E-state index contributed by atoms with van der Waals surface area (Å²) >= 11 is 3.42. The maximum atomic E-state index is 11.0. The van der Waals surface area contributed by atoms with E-state index in [9.17, 15) is 4.79 Å². The standard InChI is InChI=1S/C18H14BrNO3/c19-15-7-6-13-10-17(23-11-12-4-2-1-3-5-12)16(20-18(21)22)9-14(13)8-15/h1-10,20H,11H2,(H,21,22). The van der Waals surface area contributed by atoms with Crippen LogP contribution in [0.3, 0.4) is 0 Å². The van der Waals surface area contributed by atoms with Gasteiger partial charge in [-0.3, -0.25) is 5.32 Å². The van der Waals surface area contributed by atoms with E-state index < -0.39 is 6.09 Å². The smallest absolute Gasteiger partial charge is 0.409 e. The van der Waals surface area contributed by atoms with Crippen molar-refractivity contribution in [2.24, 2.45) is 0 Å². The molecule has 23 heavy (non-hydrogen) atoms. The van der Waals surface area contributed by atoms with Gasteiger partial charge in [-0.15, -0.1) is 0 Å². The molecule has 3 aromatic rings. The number of anilines is 1. The molecular formula is C18H14BrNO3. The fraction of sp³-hybridized carbons (Fsp3) is 0.0556. The van der Waals surface area contributed by atoms with Gasteiger partial charge in [0, 0.05) is 4.47 Å². The van der Waals surface area contributed by atoms with Gasteiger partial charge in [0.25, 0.3) is 0 Å². The largest absolute Gasteiger partial charge is 0.487 e. The highest BCUT2D eigenvalue weighted by Crippen LogP contribution is 2.32. The average Bonchev–Trinajstić information content (AvgIpc) is 2.53. The van der Waals surface area contributed by atoms with Gasteiger partial charge in [0.05, 0.1) is 5.69 Å². The number of hydrogen-bond acceptors (Lipinski definition) is 2. The van der Waals surface area contributed by atoms with E-state index in [4.69, 9.17) is 9.84 Å². The molecule has 0 spiro atoms. The predicted molar refractivity (Wildman–Crippen MR) is 94.1 cm³/mol. The summed E-state index contributed by atoms with van der Waals surface area (Å²) in [6.45, 7) is 0.372. The summed E-state index contributed by atoms with van der Waals surface area (Å²) in [5.74, 6) is 0.506. The van der Waals surface area contributed by atoms with Crippen LogP contribution in [-0.4, -0.2) is 11.2 Å². The van der Waals surface area contributed by atoms with Crippen molar-refractivity contribution >= 4 is 38.5 Å². The third-order valence-corrected chi connectivity index (χ3v) is 3.87. The molecule has 0 fully saturated rings. The molecule has 1 amide bonds. The Morgan fingerprint density at radius 2 is 1.83 bits per heavy atom. The minimum Gasteiger partial charge on any atom is -0.487 e. The molecule has 0 heterocycles. The Labute approximate surface area is 141 Å². The first-order valence-corrected chi connectivity index (χ1v) is 7.81. The topological polar surface area (TPSA) is 58.6 Å². The van der Waals surface area contributed by atoms with Crippen molar-refractivity contribution in [1.29, 1.82) is 0 Å². The second-order valence-corrected chi connectivity index (χ2v) is 5.96. The van der Waals surface area contributed by atoms with Crippen molar-refractivity contribution in [2.45, 2.75) is 6.61 Å². The quantitative estimate of drug-likeness (QED) is 0.656. The molecule has 3 aromatic carbocycles. The molecule has 3 rings (SSSR count). The van der Waals surface area contributed by atoms with Gasteiger partial charge < -0.3 is 9.84 Å². The number of nitrogens with one attached hydrogen (secondary N) is 1. The summed E-state index contributed by atoms with van der Waals surface area (Å²) in [5.41, 5.74) is 1.45. The number of benzene rings is 3. The number of carboxylic acid groups (broad SMARTS) is 1. The molecular weight excluding hydrogens is 358 g/mol. The van der Waals surface area contributed by atoms with E-state index in [2.05, 4.69) is 21.2 Å². The van der Waals surface area contributed by atoms with Gasteiger partial charge in [0.15, 0.2) is 0 Å². The minimum absolute atomic E-state index is 0.372. The molecule has 2 N–H and O–H groups in total. The first-order valence-electron chi connectivity index (χ1n) is 7.02. The Morgan fingerprint density at radius 3 is 2.57 bits per heavy atom. The zero-order chi connectivity index (χ0) is 16.2. The van der Waals surface area contributed by atoms with Crippen LogP contribution in [-0.2, 0) is 6.61 Å². The zero-order valence-corrected chi connectivity index (χ0v) is 13.7. The van der Waals surface area contributed by atoms with E-state index in [0.717, 1.165) is 20.8 Å². The fourth-order valence-electron chi connectivity index (χ4n) is 2.32. The van der Waals surface area contributed by atoms with Crippen molar-refractivity contribution in [3.05, 3.63) is 70.7 Å². The lowest BCUT2D eigenvalue weighted by Crippen LogP contribution is -2.09.